The summed E-state index contributed by atoms with van der Waals surface area (Å²) in [6.07, 6.45) is 0. The molecule has 0 aliphatic carbocycles. The molecule has 0 heterocycles. The van der Waals surface area contributed by atoms with Gasteiger partial charge in [0.25, 0.3) is 0 Å². The first-order valence-electron chi connectivity index (χ1n) is 0.471. The zero-order valence-corrected chi connectivity index (χ0v) is 3.75. The van der Waals surface area contributed by atoms with E-state index in [0.29, 0.717) is 0 Å². The fraction of sp³-hybridized carbons (Fsp3) is 0. The van der Waals surface area contributed by atoms with E-state index in [2.05, 4.69) is 0 Å². The van der Waals surface area contributed by atoms with Gasteiger partial charge in [-0.05, 0) is 0 Å². The minimum Gasteiger partial charge on any atom is -1.00 e. The molecular weight excluding hydrogens is 115 g/mol. The molecule has 0 aliphatic heterocycles. The zero-order chi connectivity index (χ0) is 2.71. The fourth-order valence-electron chi connectivity index (χ4n) is 0. The Morgan fingerprint density at radius 2 is 1.60 bits per heavy atom. The van der Waals surface area contributed by atoms with E-state index in [0.717, 1.165) is 0 Å². The van der Waals surface area contributed by atoms with Crippen LogP contribution in [0.5, 0.6) is 0 Å². The lowest BCUT2D eigenvalue weighted by Gasteiger charge is -1.52. The van der Waals surface area contributed by atoms with Gasteiger partial charge in [0.2, 0.25) is 0 Å². The zero-order valence-electron chi connectivity index (χ0n) is 2.18. The highest BCUT2D eigenvalue weighted by molar-refractivity contribution is 5.85. The van der Waals surface area contributed by atoms with Gasteiger partial charge in [0.05, 0.1) is 0 Å². The van der Waals surface area contributed by atoms with Crippen molar-refractivity contribution >= 4 is 18.9 Å². The highest BCUT2D eigenvalue weighted by Gasteiger charge is 0.996. The highest BCUT2D eigenvalue weighted by Crippen LogP contribution is 0.754. The van der Waals surface area contributed by atoms with Crippen molar-refractivity contribution in [2.24, 2.45) is 0 Å². The molecule has 0 rings (SSSR count). The average Bonchev–Trinajstić information content (AvgIpc) is 0.918. The quantitative estimate of drug-likeness (QED) is 0.302. The van der Waals surface area contributed by atoms with Crippen LogP contribution in [0.3, 0.4) is 0 Å². The normalized spacial score (nSPS) is 2.40. The van der Waals surface area contributed by atoms with Crippen LogP contribution in [0, 0.1) is 0 Å². The second-order valence-corrected chi connectivity index (χ2v) is 0.0962. The molecule has 0 spiro atoms. The molecule has 2 nitrogen and oxygen atoms in total. The molecule has 4 heteroatoms. The Bertz CT molecular complexity index is 15.1. The van der Waals surface area contributed by atoms with E-state index in [1.165, 1.54) is 0 Å². The van der Waals surface area contributed by atoms with E-state index < -0.39 is 6.47 Å². The summed E-state index contributed by atoms with van der Waals surface area (Å²) in [6, 6.07) is 0. The number of rotatable bonds is 0. The van der Waals surface area contributed by atoms with E-state index in [9.17, 15) is 0 Å². The van der Waals surface area contributed by atoms with Crippen molar-refractivity contribution < 1.29 is 22.3 Å². The van der Waals surface area contributed by atoms with Gasteiger partial charge in [-0.25, -0.2) is 0 Å². The van der Waals surface area contributed by atoms with Crippen molar-refractivity contribution in [2.75, 3.05) is 0 Å². The topological polar surface area (TPSA) is 40.1 Å². The number of carbonyl (C=O) groups excluding carboxylic acids is 1. The van der Waals surface area contributed by atoms with Crippen molar-refractivity contribution in [1.29, 1.82) is 0 Å². The van der Waals surface area contributed by atoms with Gasteiger partial charge in [0.15, 0.2) is 0 Å². The molecule has 0 bridgehead atoms. The van der Waals surface area contributed by atoms with Gasteiger partial charge in [0, 0.05) is 6.47 Å². The highest BCUT2D eigenvalue weighted by atomic mass is 35.5. The standard InChI is InChI=1S/CH2O2.2ClH/c2-1-3;;/h1H,(H,2,3);2*1H/p-2. The molecule has 34 valence electrons. The lowest BCUT2D eigenvalue weighted by molar-refractivity contribution is -0.283. The predicted molar refractivity (Wildman–Crippen MR) is 13.3 cm³/mol. The summed E-state index contributed by atoms with van der Waals surface area (Å²) in [5.41, 5.74) is 0. The molecule has 0 saturated heterocycles. The maximum Gasteiger partial charge on any atom is 0.0275 e. The predicted octanol–water partition coefficient (Wildman–Crippen LogP) is -4.21. The molecule has 0 atom stereocenters. The van der Waals surface area contributed by atoms with E-state index in [4.69, 9.17) is 9.90 Å². The molecule has 0 saturated carbocycles. The van der Waals surface area contributed by atoms with Crippen LogP contribution in [-0.4, -0.2) is 6.47 Å². The van der Waals surface area contributed by atoms with Gasteiger partial charge in [-0.3, -0.25) is 0 Å². The third-order valence-electron chi connectivity index (χ3n) is 0. The maximum atomic E-state index is 8.25. The fourth-order valence-corrected chi connectivity index (χ4v) is 0. The summed E-state index contributed by atoms with van der Waals surface area (Å²) in [5, 5.41) is 8.25. The van der Waals surface area contributed by atoms with Crippen molar-refractivity contribution in [1.82, 2.24) is 0 Å². The Kier molecular flexibility index (Phi) is 135. The molecule has 0 aliphatic rings. The molecule has 0 fully saturated rings. The molecule has 5 heavy (non-hydrogen) atoms. The lowest BCUT2D eigenvalue weighted by atomic mass is 11.7. The van der Waals surface area contributed by atoms with Crippen molar-refractivity contribution in [3.05, 3.63) is 0 Å². The van der Waals surface area contributed by atoms with E-state index in [1.54, 1.807) is 0 Å². The first-order chi connectivity index (χ1) is 1.41. The Balaban J connectivity index is -0.0000000200. The molecule has 0 aromatic heterocycles. The first kappa shape index (κ1) is 19.7. The summed E-state index contributed by atoms with van der Waals surface area (Å²) < 4.78 is 0. The Morgan fingerprint density at radius 3 is 1.60 bits per heavy atom. The second kappa shape index (κ2) is 34.2. The summed E-state index contributed by atoms with van der Waals surface area (Å²) in [7, 11) is 0. The van der Waals surface area contributed by atoms with Crippen molar-refractivity contribution in [2.45, 2.75) is 0 Å². The summed E-state index contributed by atoms with van der Waals surface area (Å²) in [4.78, 5) is 8.25. The lowest BCUT2D eigenvalue weighted by Crippen LogP contribution is -3.00. The smallest absolute Gasteiger partial charge is 0.0275 e. The van der Waals surface area contributed by atoms with Crippen LogP contribution >= 0.6 is 12.4 Å². The summed E-state index contributed by atoms with van der Waals surface area (Å²) >= 11 is 0. The molecule has 0 aromatic rings. The minimum atomic E-state index is -0.500. The number of halogens is 2. The van der Waals surface area contributed by atoms with Crippen LogP contribution in [0.15, 0.2) is 0 Å². The third-order valence-corrected chi connectivity index (χ3v) is 0. The Morgan fingerprint density at radius 1 is 1.60 bits per heavy atom. The van der Waals surface area contributed by atoms with Crippen molar-refractivity contribution in [3.8, 4) is 0 Å². The molecule has 0 unspecified atom stereocenters. The average molecular weight is 117 g/mol. The van der Waals surface area contributed by atoms with Gasteiger partial charge in [-0.15, -0.1) is 12.4 Å². The first-order valence-corrected chi connectivity index (χ1v) is 0.471. The number of carbonyl (C=O) groups is 1. The van der Waals surface area contributed by atoms with Crippen LogP contribution in [0.25, 0.3) is 0 Å². The van der Waals surface area contributed by atoms with Crippen LogP contribution in [0.2, 0.25) is 0 Å². The van der Waals surface area contributed by atoms with Gasteiger partial charge in [-0.2, -0.15) is 0 Å². The van der Waals surface area contributed by atoms with E-state index >= 15 is 0 Å². The third kappa shape index (κ3) is 6810. The molecular formula is CH2Cl2O2-2. The Hall–Kier alpha value is 0.0500. The molecule has 0 N–H and O–H groups in total. The molecule has 0 radical (unpaired) electrons. The van der Waals surface area contributed by atoms with E-state index in [1.807, 2.05) is 0 Å². The maximum absolute atomic E-state index is 8.25. The number of carboxylic acid groups (broad SMARTS) is 1. The van der Waals surface area contributed by atoms with E-state index in [-0.39, 0.29) is 24.8 Å². The van der Waals surface area contributed by atoms with Crippen LogP contribution in [0.1, 0.15) is 0 Å². The van der Waals surface area contributed by atoms with Gasteiger partial charge >= 0.3 is 0 Å². The monoisotopic (exact) mass is 116 g/mol. The number of hydrogen-bond donors (Lipinski definition) is 0. The van der Waals surface area contributed by atoms with Gasteiger partial charge in [0.1, 0.15) is 0 Å². The van der Waals surface area contributed by atoms with Crippen LogP contribution < -0.4 is 17.5 Å². The van der Waals surface area contributed by atoms with Crippen LogP contribution in [-0.2, 0) is 4.79 Å². The minimum absolute atomic E-state index is 0. The molecule has 0 amide bonds. The van der Waals surface area contributed by atoms with Gasteiger partial charge in [-0.1, -0.05) is 0 Å². The van der Waals surface area contributed by atoms with Crippen molar-refractivity contribution in [3.63, 3.8) is 0 Å². The number of hydrogen-bond acceptors (Lipinski definition) is 2. The SMILES string of the molecule is Cl.O=C[O-].[Cl-]. The summed E-state index contributed by atoms with van der Waals surface area (Å²) in [5.74, 6) is 0. The Labute approximate surface area is 42.0 Å². The second-order valence-electron chi connectivity index (χ2n) is 0.0962. The van der Waals surface area contributed by atoms with Crippen LogP contribution in [0.4, 0.5) is 0 Å². The van der Waals surface area contributed by atoms with Gasteiger partial charge < -0.3 is 22.3 Å². The molecule has 0 aromatic carbocycles. The largest absolute Gasteiger partial charge is 1.00 e. The summed E-state index contributed by atoms with van der Waals surface area (Å²) in [6.45, 7) is -0.500.